The normalized spacial score (nSPS) is 19.3. The second kappa shape index (κ2) is 11.1. The van der Waals surface area contributed by atoms with Crippen LogP contribution in [0.2, 0.25) is 5.02 Å². The predicted molar refractivity (Wildman–Crippen MR) is 117 cm³/mol. The van der Waals surface area contributed by atoms with Crippen LogP contribution in [0.4, 0.5) is 13.2 Å². The number of hydrogen-bond acceptors (Lipinski definition) is 4. The Morgan fingerprint density at radius 3 is 2.72 bits per heavy atom. The van der Waals surface area contributed by atoms with Crippen molar-refractivity contribution in [2.75, 3.05) is 26.8 Å². The van der Waals surface area contributed by atoms with Crippen LogP contribution in [-0.2, 0) is 28.8 Å². The molecule has 0 unspecified atom stereocenters. The molecule has 2 N–H and O–H groups in total. The van der Waals surface area contributed by atoms with E-state index in [1.807, 2.05) is 29.2 Å². The van der Waals surface area contributed by atoms with Gasteiger partial charge in [-0.25, -0.2) is 0 Å². The zero-order chi connectivity index (χ0) is 23.1. The fourth-order valence-electron chi connectivity index (χ4n) is 3.86. The first-order valence-corrected chi connectivity index (χ1v) is 10.8. The number of ether oxygens (including phenoxy) is 1. The third kappa shape index (κ3) is 6.68. The van der Waals surface area contributed by atoms with E-state index in [9.17, 15) is 18.0 Å². The van der Waals surface area contributed by atoms with Crippen molar-refractivity contribution < 1.29 is 22.7 Å². The van der Waals surface area contributed by atoms with Crippen molar-refractivity contribution in [1.82, 2.24) is 15.5 Å². The maximum Gasteiger partial charge on any atom is 0.416 e. The second-order valence-electron chi connectivity index (χ2n) is 7.83. The number of nitrogens with zero attached hydrogens (tertiary/aromatic N) is 1. The minimum Gasteiger partial charge on any atom is -0.383 e. The summed E-state index contributed by atoms with van der Waals surface area (Å²) < 4.78 is 43.9. The highest BCUT2D eigenvalue weighted by Crippen LogP contribution is 2.30. The third-order valence-electron chi connectivity index (χ3n) is 5.49. The van der Waals surface area contributed by atoms with Crippen molar-refractivity contribution in [2.24, 2.45) is 0 Å². The summed E-state index contributed by atoms with van der Waals surface area (Å²) in [5, 5.41) is 6.83. The van der Waals surface area contributed by atoms with E-state index in [4.69, 9.17) is 16.3 Å². The molecule has 0 spiro atoms. The van der Waals surface area contributed by atoms with Crippen molar-refractivity contribution in [3.05, 3.63) is 70.2 Å². The van der Waals surface area contributed by atoms with Gasteiger partial charge < -0.3 is 15.4 Å². The number of halogens is 4. The van der Waals surface area contributed by atoms with Gasteiger partial charge in [-0.1, -0.05) is 48.0 Å². The van der Waals surface area contributed by atoms with E-state index in [2.05, 4.69) is 10.6 Å². The van der Waals surface area contributed by atoms with Crippen LogP contribution in [0, 0.1) is 0 Å². The summed E-state index contributed by atoms with van der Waals surface area (Å²) in [6.07, 6.45) is -3.83. The number of hydrogen-bond donors (Lipinski definition) is 2. The lowest BCUT2D eigenvalue weighted by molar-refractivity contribution is -0.137. The first-order valence-electron chi connectivity index (χ1n) is 10.4. The standard InChI is InChI=1S/C23H27ClF3N3O2/c1-32-10-9-28-22(31)21-12-19(15-30(21)14-17-6-2-3-8-20(17)24)29-13-16-5-4-7-18(11-16)23(25,26)27/h2-8,11,19,21,29H,9-10,12-15H2,1H3,(H,28,31)/t19-,21+/m1/s1. The number of carbonyl (C=O) groups excluding carboxylic acids is 1. The molecule has 3 rings (SSSR count). The Kier molecular flexibility index (Phi) is 8.53. The number of alkyl halides is 3. The van der Waals surface area contributed by atoms with Crippen LogP contribution in [0.15, 0.2) is 48.5 Å². The average molecular weight is 470 g/mol. The van der Waals surface area contributed by atoms with Gasteiger partial charge in [0.2, 0.25) is 5.91 Å². The third-order valence-corrected chi connectivity index (χ3v) is 5.86. The number of nitrogens with one attached hydrogen (secondary N) is 2. The van der Waals surface area contributed by atoms with Crippen molar-refractivity contribution in [1.29, 1.82) is 0 Å². The van der Waals surface area contributed by atoms with E-state index in [1.54, 1.807) is 13.2 Å². The van der Waals surface area contributed by atoms with Crippen molar-refractivity contribution in [3.8, 4) is 0 Å². The zero-order valence-electron chi connectivity index (χ0n) is 17.8. The first-order chi connectivity index (χ1) is 15.3. The predicted octanol–water partition coefficient (Wildman–Crippen LogP) is 3.85. The fourth-order valence-corrected chi connectivity index (χ4v) is 4.05. The molecular weight excluding hydrogens is 443 g/mol. The molecule has 0 saturated carbocycles. The summed E-state index contributed by atoms with van der Waals surface area (Å²) in [7, 11) is 1.57. The molecule has 0 aromatic heterocycles. The summed E-state index contributed by atoms with van der Waals surface area (Å²) in [6.45, 7) is 2.19. The van der Waals surface area contributed by atoms with Crippen molar-refractivity contribution in [3.63, 3.8) is 0 Å². The fraction of sp³-hybridized carbons (Fsp3) is 0.435. The van der Waals surface area contributed by atoms with Crippen LogP contribution >= 0.6 is 11.6 Å². The smallest absolute Gasteiger partial charge is 0.383 e. The van der Waals surface area contributed by atoms with Crippen molar-refractivity contribution >= 4 is 17.5 Å². The van der Waals surface area contributed by atoms with Crippen molar-refractivity contribution in [2.45, 2.75) is 37.8 Å². The van der Waals surface area contributed by atoms with E-state index in [0.29, 0.717) is 43.2 Å². The maximum atomic E-state index is 13.0. The Balaban J connectivity index is 1.67. The molecule has 2 atom stereocenters. The van der Waals surface area contributed by atoms with E-state index < -0.39 is 11.7 Å². The van der Waals surface area contributed by atoms with Gasteiger partial charge in [-0.05, 0) is 29.7 Å². The Hall–Kier alpha value is -2.13. The highest BCUT2D eigenvalue weighted by Gasteiger charge is 2.36. The Labute approximate surface area is 190 Å². The molecule has 2 aromatic carbocycles. The summed E-state index contributed by atoms with van der Waals surface area (Å²) in [4.78, 5) is 14.8. The lowest BCUT2D eigenvalue weighted by Crippen LogP contribution is -2.43. The SMILES string of the molecule is COCCNC(=O)[C@@H]1C[C@@H](NCc2cccc(C(F)(F)F)c2)CN1Cc1ccccc1Cl. The number of amides is 1. The topological polar surface area (TPSA) is 53.6 Å². The van der Waals surface area contributed by atoms with Gasteiger partial charge in [-0.3, -0.25) is 9.69 Å². The monoisotopic (exact) mass is 469 g/mol. The van der Waals surface area contributed by atoms with Gasteiger partial charge in [-0.15, -0.1) is 0 Å². The summed E-state index contributed by atoms with van der Waals surface area (Å²) in [6, 6.07) is 12.3. The number of likely N-dealkylation sites (tertiary alicyclic amines) is 1. The number of rotatable bonds is 9. The van der Waals surface area contributed by atoms with E-state index >= 15 is 0 Å². The van der Waals surface area contributed by atoms with Crippen LogP contribution in [0.1, 0.15) is 23.1 Å². The van der Waals surface area contributed by atoms with Crippen LogP contribution in [-0.4, -0.2) is 49.7 Å². The van der Waals surface area contributed by atoms with E-state index in [0.717, 1.165) is 17.7 Å². The quantitative estimate of drug-likeness (QED) is 0.548. The zero-order valence-corrected chi connectivity index (χ0v) is 18.5. The lowest BCUT2D eigenvalue weighted by Gasteiger charge is -2.24. The second-order valence-corrected chi connectivity index (χ2v) is 8.24. The van der Waals surface area contributed by atoms with E-state index in [1.165, 1.54) is 6.07 Å². The largest absolute Gasteiger partial charge is 0.416 e. The molecule has 5 nitrogen and oxygen atoms in total. The molecule has 0 aliphatic carbocycles. The minimum absolute atomic E-state index is 0.0507. The maximum absolute atomic E-state index is 13.0. The Morgan fingerprint density at radius 2 is 2.00 bits per heavy atom. The molecule has 0 bridgehead atoms. The number of benzene rings is 2. The highest BCUT2D eigenvalue weighted by atomic mass is 35.5. The lowest BCUT2D eigenvalue weighted by atomic mass is 10.1. The molecule has 1 saturated heterocycles. The van der Waals surface area contributed by atoms with Gasteiger partial charge in [0, 0.05) is 44.4 Å². The first kappa shape index (κ1) is 24.5. The molecular formula is C23H27ClF3N3O2. The molecule has 32 heavy (non-hydrogen) atoms. The Bertz CT molecular complexity index is 910. The molecule has 1 aliphatic rings. The van der Waals surface area contributed by atoms with Gasteiger partial charge >= 0.3 is 6.18 Å². The molecule has 1 amide bonds. The minimum atomic E-state index is -4.37. The van der Waals surface area contributed by atoms with Gasteiger partial charge in [0.1, 0.15) is 0 Å². The van der Waals surface area contributed by atoms with Crippen LogP contribution in [0.5, 0.6) is 0 Å². The molecule has 1 heterocycles. The summed E-state index contributed by atoms with van der Waals surface area (Å²) in [5.74, 6) is -0.0996. The van der Waals surface area contributed by atoms with Gasteiger partial charge in [-0.2, -0.15) is 13.2 Å². The highest BCUT2D eigenvalue weighted by molar-refractivity contribution is 6.31. The van der Waals surface area contributed by atoms with Gasteiger partial charge in [0.25, 0.3) is 0 Å². The van der Waals surface area contributed by atoms with Gasteiger partial charge in [0.15, 0.2) is 0 Å². The van der Waals surface area contributed by atoms with Crippen LogP contribution in [0.25, 0.3) is 0 Å². The number of methoxy groups -OCH3 is 1. The Morgan fingerprint density at radius 1 is 1.22 bits per heavy atom. The molecule has 174 valence electrons. The molecule has 2 aromatic rings. The van der Waals surface area contributed by atoms with E-state index in [-0.39, 0.29) is 24.5 Å². The molecule has 0 radical (unpaired) electrons. The molecule has 1 aliphatic heterocycles. The summed E-state index contributed by atoms with van der Waals surface area (Å²) >= 11 is 6.31. The molecule has 9 heteroatoms. The van der Waals surface area contributed by atoms with Crippen LogP contribution < -0.4 is 10.6 Å². The number of carbonyl (C=O) groups is 1. The summed E-state index contributed by atoms with van der Waals surface area (Å²) in [5.41, 5.74) is 0.798. The van der Waals surface area contributed by atoms with Crippen LogP contribution in [0.3, 0.4) is 0 Å². The average Bonchev–Trinajstić information content (AvgIpc) is 3.16. The molecule has 1 fully saturated rings. The van der Waals surface area contributed by atoms with Gasteiger partial charge in [0.05, 0.1) is 18.2 Å².